The van der Waals surface area contributed by atoms with Crippen molar-refractivity contribution in [1.82, 2.24) is 0 Å². The lowest BCUT2D eigenvalue weighted by Crippen LogP contribution is -2.24. The zero-order valence-corrected chi connectivity index (χ0v) is 10.6. The molecule has 0 bridgehead atoms. The van der Waals surface area contributed by atoms with Crippen LogP contribution in [0.15, 0.2) is 12.1 Å². The largest absolute Gasteiger partial charge is 0.389 e. The molecule has 1 heterocycles. The van der Waals surface area contributed by atoms with Crippen LogP contribution >= 0.6 is 0 Å². The number of halogens is 1. The van der Waals surface area contributed by atoms with Gasteiger partial charge >= 0.3 is 0 Å². The number of nitrogens with zero attached hydrogens (tertiary/aromatic N) is 1. The van der Waals surface area contributed by atoms with E-state index in [1.165, 1.54) is 6.07 Å². The summed E-state index contributed by atoms with van der Waals surface area (Å²) >= 11 is 0. The summed E-state index contributed by atoms with van der Waals surface area (Å²) in [4.78, 5) is 1.85. The summed E-state index contributed by atoms with van der Waals surface area (Å²) in [6.07, 6.45) is -1.53. The highest BCUT2D eigenvalue weighted by molar-refractivity contribution is 5.58. The van der Waals surface area contributed by atoms with Crippen LogP contribution in [0.25, 0.3) is 0 Å². The lowest BCUT2D eigenvalue weighted by Gasteiger charge is -2.24. The fraction of sp³-hybridized carbons (Fsp3) is 0.538. The van der Waals surface area contributed by atoms with Gasteiger partial charge in [-0.1, -0.05) is 0 Å². The maximum atomic E-state index is 13.6. The maximum absolute atomic E-state index is 13.6. The fourth-order valence-electron chi connectivity index (χ4n) is 2.29. The summed E-state index contributed by atoms with van der Waals surface area (Å²) < 4.78 is 13.6. The molecule has 4 N–H and O–H groups in total. The highest BCUT2D eigenvalue weighted by Crippen LogP contribution is 2.30. The number of benzene rings is 1. The molecule has 0 aliphatic carbocycles. The van der Waals surface area contributed by atoms with Gasteiger partial charge in [-0.25, -0.2) is 4.39 Å². The minimum Gasteiger partial charge on any atom is -0.389 e. The van der Waals surface area contributed by atoms with Crippen LogP contribution in [0.4, 0.5) is 10.1 Å². The Bertz CT molecular complexity index is 441. The van der Waals surface area contributed by atoms with Crippen LogP contribution in [0.5, 0.6) is 0 Å². The molecular formula is C13H19FN2O2. The molecule has 5 heteroatoms. The van der Waals surface area contributed by atoms with E-state index in [9.17, 15) is 14.6 Å². The van der Waals surface area contributed by atoms with E-state index in [1.54, 1.807) is 19.9 Å². The first kappa shape index (κ1) is 13.3. The zero-order chi connectivity index (χ0) is 13.4. The van der Waals surface area contributed by atoms with Crippen molar-refractivity contribution in [3.8, 4) is 0 Å². The van der Waals surface area contributed by atoms with Crippen LogP contribution in [0.1, 0.15) is 24.1 Å². The number of aryl methyl sites for hydroxylation is 1. The number of aliphatic hydroxyl groups is 2. The van der Waals surface area contributed by atoms with Gasteiger partial charge in [-0.2, -0.15) is 0 Å². The van der Waals surface area contributed by atoms with Gasteiger partial charge < -0.3 is 20.8 Å². The lowest BCUT2D eigenvalue weighted by molar-refractivity contribution is 0.0572. The van der Waals surface area contributed by atoms with Gasteiger partial charge in [-0.3, -0.25) is 0 Å². The summed E-state index contributed by atoms with van der Waals surface area (Å²) in [5.74, 6) is -0.286. The van der Waals surface area contributed by atoms with Gasteiger partial charge in [0.2, 0.25) is 0 Å². The smallest absolute Gasteiger partial charge is 0.126 e. The fourth-order valence-corrected chi connectivity index (χ4v) is 2.29. The van der Waals surface area contributed by atoms with Crippen molar-refractivity contribution in [1.29, 1.82) is 0 Å². The molecule has 1 fully saturated rings. The standard InChI is InChI=1S/C13H19FN2O2/c1-7-3-11(9(8(2)15)4-10(7)14)16-5-12(17)13(18)6-16/h3-4,8,12-13,17-18H,5-6,15H2,1-2H3. The van der Waals surface area contributed by atoms with E-state index >= 15 is 0 Å². The van der Waals surface area contributed by atoms with E-state index in [4.69, 9.17) is 5.73 Å². The quantitative estimate of drug-likeness (QED) is 0.726. The highest BCUT2D eigenvalue weighted by atomic mass is 19.1. The lowest BCUT2D eigenvalue weighted by atomic mass is 10.0. The Morgan fingerprint density at radius 1 is 1.33 bits per heavy atom. The van der Waals surface area contributed by atoms with Gasteiger partial charge in [0, 0.05) is 24.8 Å². The van der Waals surface area contributed by atoms with Crippen molar-refractivity contribution >= 4 is 5.69 Å². The number of rotatable bonds is 2. The second-order valence-corrected chi connectivity index (χ2v) is 4.99. The second kappa shape index (κ2) is 4.84. The van der Waals surface area contributed by atoms with Crippen LogP contribution in [-0.2, 0) is 0 Å². The Labute approximate surface area is 106 Å². The van der Waals surface area contributed by atoms with Gasteiger partial charge in [0.15, 0.2) is 0 Å². The Hall–Kier alpha value is -1.17. The molecule has 18 heavy (non-hydrogen) atoms. The number of nitrogens with two attached hydrogens (primary N) is 1. The van der Waals surface area contributed by atoms with Crippen molar-refractivity contribution in [2.75, 3.05) is 18.0 Å². The van der Waals surface area contributed by atoms with Crippen LogP contribution in [-0.4, -0.2) is 35.5 Å². The van der Waals surface area contributed by atoms with Gasteiger partial charge in [0.25, 0.3) is 0 Å². The topological polar surface area (TPSA) is 69.7 Å². The van der Waals surface area contributed by atoms with Crippen LogP contribution in [0.2, 0.25) is 0 Å². The van der Waals surface area contributed by atoms with Crippen molar-refractivity contribution in [3.63, 3.8) is 0 Å². The molecule has 0 aromatic heterocycles. The van der Waals surface area contributed by atoms with E-state index in [0.29, 0.717) is 24.2 Å². The molecule has 4 nitrogen and oxygen atoms in total. The molecule has 1 aromatic carbocycles. The third-order valence-corrected chi connectivity index (χ3v) is 3.40. The molecule has 100 valence electrons. The van der Waals surface area contributed by atoms with Crippen molar-refractivity contribution in [3.05, 3.63) is 29.1 Å². The molecule has 1 aliphatic heterocycles. The molecule has 0 amide bonds. The van der Waals surface area contributed by atoms with Gasteiger partial charge in [-0.15, -0.1) is 0 Å². The highest BCUT2D eigenvalue weighted by Gasteiger charge is 2.31. The Morgan fingerprint density at radius 3 is 2.39 bits per heavy atom. The number of hydrogen-bond acceptors (Lipinski definition) is 4. The first-order valence-corrected chi connectivity index (χ1v) is 6.07. The normalized spacial score (nSPS) is 25.6. The average Bonchev–Trinajstić information content (AvgIpc) is 2.62. The molecule has 0 spiro atoms. The molecule has 3 unspecified atom stereocenters. The number of anilines is 1. The predicted octanol–water partition coefficient (Wildman–Crippen LogP) is 0.696. The number of aliphatic hydroxyl groups excluding tert-OH is 2. The van der Waals surface area contributed by atoms with E-state index < -0.39 is 12.2 Å². The van der Waals surface area contributed by atoms with Crippen LogP contribution in [0.3, 0.4) is 0 Å². The third-order valence-electron chi connectivity index (χ3n) is 3.40. The summed E-state index contributed by atoms with van der Waals surface area (Å²) in [6, 6.07) is 2.86. The Balaban J connectivity index is 2.40. The number of β-amino-alcohol motifs (C(OH)–C–C–N with tert-alkyl or cyclic N) is 2. The van der Waals surface area contributed by atoms with Gasteiger partial charge in [-0.05, 0) is 37.1 Å². The SMILES string of the molecule is Cc1cc(N2CC(O)C(O)C2)c(C(C)N)cc1F. The summed E-state index contributed by atoms with van der Waals surface area (Å²) in [7, 11) is 0. The van der Waals surface area contributed by atoms with Crippen molar-refractivity contribution in [2.45, 2.75) is 32.1 Å². The summed E-state index contributed by atoms with van der Waals surface area (Å²) in [6.45, 7) is 4.15. The number of hydrogen-bond donors (Lipinski definition) is 3. The van der Waals surface area contributed by atoms with Crippen molar-refractivity contribution < 1.29 is 14.6 Å². The van der Waals surface area contributed by atoms with E-state index in [0.717, 1.165) is 5.69 Å². The summed E-state index contributed by atoms with van der Waals surface area (Å²) in [5, 5.41) is 19.2. The minimum absolute atomic E-state index is 0.286. The molecule has 2 rings (SSSR count). The molecule has 0 saturated carbocycles. The Morgan fingerprint density at radius 2 is 1.89 bits per heavy atom. The van der Waals surface area contributed by atoms with E-state index in [1.807, 2.05) is 4.90 Å². The first-order chi connectivity index (χ1) is 8.40. The monoisotopic (exact) mass is 254 g/mol. The van der Waals surface area contributed by atoms with Crippen LogP contribution in [0, 0.1) is 12.7 Å². The first-order valence-electron chi connectivity index (χ1n) is 6.07. The van der Waals surface area contributed by atoms with Crippen molar-refractivity contribution in [2.24, 2.45) is 5.73 Å². The van der Waals surface area contributed by atoms with Gasteiger partial charge in [0.1, 0.15) is 5.82 Å². The molecular weight excluding hydrogens is 235 g/mol. The minimum atomic E-state index is -0.767. The Kier molecular flexibility index (Phi) is 3.56. The molecule has 0 radical (unpaired) electrons. The molecule has 1 aliphatic rings. The van der Waals surface area contributed by atoms with E-state index in [-0.39, 0.29) is 11.9 Å². The maximum Gasteiger partial charge on any atom is 0.126 e. The third kappa shape index (κ3) is 2.34. The predicted molar refractivity (Wildman–Crippen MR) is 68.0 cm³/mol. The zero-order valence-electron chi connectivity index (χ0n) is 10.6. The second-order valence-electron chi connectivity index (χ2n) is 4.99. The van der Waals surface area contributed by atoms with Crippen LogP contribution < -0.4 is 10.6 Å². The average molecular weight is 254 g/mol. The molecule has 3 atom stereocenters. The molecule has 1 aromatic rings. The molecule has 1 saturated heterocycles. The van der Waals surface area contributed by atoms with E-state index in [2.05, 4.69) is 0 Å². The van der Waals surface area contributed by atoms with Gasteiger partial charge in [0.05, 0.1) is 12.2 Å². The summed E-state index contributed by atoms with van der Waals surface area (Å²) in [5.41, 5.74) is 7.87.